The third kappa shape index (κ3) is 3.93. The lowest BCUT2D eigenvalue weighted by atomic mass is 10.3. The molecule has 0 spiro atoms. The number of aromatic nitrogens is 3. The van der Waals surface area contributed by atoms with Crippen LogP contribution in [0.5, 0.6) is 5.75 Å². The van der Waals surface area contributed by atoms with Gasteiger partial charge in [0.25, 0.3) is 5.91 Å². The molecule has 0 radical (unpaired) electrons. The molecule has 0 saturated carbocycles. The number of hydrogen-bond donors (Lipinski definition) is 1. The number of ether oxygens (including phenoxy) is 1. The smallest absolute Gasteiger partial charge is 0.262 e. The summed E-state index contributed by atoms with van der Waals surface area (Å²) in [5.41, 5.74) is 0.546. The van der Waals surface area contributed by atoms with Crippen LogP contribution in [0.2, 0.25) is 5.02 Å². The number of halogens is 2. The van der Waals surface area contributed by atoms with E-state index in [0.717, 1.165) is 0 Å². The number of hydrogen-bond acceptors (Lipinski definition) is 4. The Hall–Kier alpha value is -2.38. The SMILES string of the molecule is O=C(COc1ccc(Cl)cc1Br)Nc1cccnc1-n1cccn1. The summed E-state index contributed by atoms with van der Waals surface area (Å²) in [6.45, 7) is -0.145. The summed E-state index contributed by atoms with van der Waals surface area (Å²) in [6, 6.07) is 10.3. The highest BCUT2D eigenvalue weighted by Crippen LogP contribution is 2.28. The number of amides is 1. The fraction of sp³-hybridized carbons (Fsp3) is 0.0625. The van der Waals surface area contributed by atoms with Crippen molar-refractivity contribution in [2.75, 3.05) is 11.9 Å². The van der Waals surface area contributed by atoms with Gasteiger partial charge in [-0.1, -0.05) is 11.6 Å². The van der Waals surface area contributed by atoms with Gasteiger partial charge in [0.15, 0.2) is 12.4 Å². The predicted molar refractivity (Wildman–Crippen MR) is 94.6 cm³/mol. The largest absolute Gasteiger partial charge is 0.483 e. The highest BCUT2D eigenvalue weighted by Gasteiger charge is 2.11. The van der Waals surface area contributed by atoms with E-state index < -0.39 is 0 Å². The van der Waals surface area contributed by atoms with E-state index in [0.29, 0.717) is 26.8 Å². The molecule has 6 nitrogen and oxygen atoms in total. The zero-order chi connectivity index (χ0) is 16.9. The molecule has 1 N–H and O–H groups in total. The summed E-state index contributed by atoms with van der Waals surface area (Å²) >= 11 is 9.21. The average Bonchev–Trinajstić information content (AvgIpc) is 3.09. The summed E-state index contributed by atoms with van der Waals surface area (Å²) in [5.74, 6) is 0.759. The lowest BCUT2D eigenvalue weighted by molar-refractivity contribution is -0.118. The van der Waals surface area contributed by atoms with Crippen molar-refractivity contribution in [2.45, 2.75) is 0 Å². The summed E-state index contributed by atoms with van der Waals surface area (Å²) < 4.78 is 7.75. The van der Waals surface area contributed by atoms with Crippen LogP contribution in [-0.2, 0) is 4.79 Å². The Balaban J connectivity index is 1.67. The Morgan fingerprint density at radius 1 is 1.29 bits per heavy atom. The van der Waals surface area contributed by atoms with E-state index in [2.05, 4.69) is 31.3 Å². The molecule has 3 rings (SSSR count). The standard InChI is InChI=1S/C16H12BrClN4O2/c17-12-9-11(18)4-5-14(12)24-10-15(23)21-13-3-1-6-19-16(13)22-8-2-7-20-22/h1-9H,10H2,(H,21,23). The molecule has 2 heterocycles. The zero-order valence-corrected chi connectivity index (χ0v) is 14.7. The predicted octanol–water partition coefficient (Wildman–Crippen LogP) is 3.70. The molecule has 0 bridgehead atoms. The molecule has 0 unspecified atom stereocenters. The third-order valence-corrected chi connectivity index (χ3v) is 3.89. The van der Waals surface area contributed by atoms with E-state index in [1.165, 1.54) is 0 Å². The molecule has 0 atom stereocenters. The molecule has 3 aromatic rings. The minimum Gasteiger partial charge on any atom is -0.483 e. The number of nitrogens with zero attached hydrogens (tertiary/aromatic N) is 3. The number of rotatable bonds is 5. The van der Waals surface area contributed by atoms with Crippen molar-refractivity contribution < 1.29 is 9.53 Å². The lowest BCUT2D eigenvalue weighted by Gasteiger charge is -2.11. The van der Waals surface area contributed by atoms with Gasteiger partial charge in [-0.2, -0.15) is 5.10 Å². The van der Waals surface area contributed by atoms with Gasteiger partial charge in [-0.25, -0.2) is 9.67 Å². The second-order valence-electron chi connectivity index (χ2n) is 4.74. The maximum absolute atomic E-state index is 12.2. The van der Waals surface area contributed by atoms with Crippen molar-refractivity contribution in [3.63, 3.8) is 0 Å². The van der Waals surface area contributed by atoms with Gasteiger partial charge < -0.3 is 10.1 Å². The van der Waals surface area contributed by atoms with E-state index in [4.69, 9.17) is 16.3 Å². The van der Waals surface area contributed by atoms with Gasteiger partial charge in [0.2, 0.25) is 0 Å². The van der Waals surface area contributed by atoms with E-state index in [1.54, 1.807) is 59.7 Å². The Kier molecular flexibility index (Phi) is 5.12. The molecule has 0 aliphatic heterocycles. The number of benzene rings is 1. The van der Waals surface area contributed by atoms with Crippen LogP contribution in [-0.4, -0.2) is 27.3 Å². The molecule has 8 heteroatoms. The van der Waals surface area contributed by atoms with Gasteiger partial charge in [-0.05, 0) is 52.3 Å². The monoisotopic (exact) mass is 406 g/mol. The Morgan fingerprint density at radius 2 is 2.17 bits per heavy atom. The van der Waals surface area contributed by atoms with Crippen LogP contribution in [0.3, 0.4) is 0 Å². The van der Waals surface area contributed by atoms with E-state index >= 15 is 0 Å². The van der Waals surface area contributed by atoms with Crippen LogP contribution in [0.25, 0.3) is 5.82 Å². The summed E-state index contributed by atoms with van der Waals surface area (Å²) in [7, 11) is 0. The normalized spacial score (nSPS) is 10.4. The molecule has 2 aromatic heterocycles. The molecule has 1 aromatic carbocycles. The van der Waals surface area contributed by atoms with Crippen molar-refractivity contribution in [3.8, 4) is 11.6 Å². The van der Waals surface area contributed by atoms with Gasteiger partial charge in [-0.3, -0.25) is 4.79 Å². The van der Waals surface area contributed by atoms with Gasteiger partial charge in [-0.15, -0.1) is 0 Å². The molecule has 1 amide bonds. The second kappa shape index (κ2) is 7.46. The first-order valence-electron chi connectivity index (χ1n) is 6.96. The summed E-state index contributed by atoms with van der Waals surface area (Å²) in [5, 5.41) is 7.47. The average molecular weight is 408 g/mol. The molecule has 0 aliphatic carbocycles. The fourth-order valence-corrected chi connectivity index (χ4v) is 2.79. The summed E-state index contributed by atoms with van der Waals surface area (Å²) in [4.78, 5) is 16.4. The van der Waals surface area contributed by atoms with Crippen molar-refractivity contribution in [1.82, 2.24) is 14.8 Å². The Labute approximate surface area is 151 Å². The zero-order valence-electron chi connectivity index (χ0n) is 12.3. The Morgan fingerprint density at radius 3 is 2.92 bits per heavy atom. The molecule has 0 fully saturated rings. The molecular weight excluding hydrogens is 396 g/mol. The third-order valence-electron chi connectivity index (χ3n) is 3.03. The van der Waals surface area contributed by atoms with Crippen LogP contribution in [0.4, 0.5) is 5.69 Å². The maximum Gasteiger partial charge on any atom is 0.262 e. The molecule has 24 heavy (non-hydrogen) atoms. The number of anilines is 1. The van der Waals surface area contributed by atoms with E-state index in [9.17, 15) is 4.79 Å². The van der Waals surface area contributed by atoms with E-state index in [-0.39, 0.29) is 12.5 Å². The molecule has 0 saturated heterocycles. The van der Waals surface area contributed by atoms with Crippen molar-refractivity contribution in [1.29, 1.82) is 0 Å². The molecule has 122 valence electrons. The van der Waals surface area contributed by atoms with Gasteiger partial charge >= 0.3 is 0 Å². The number of pyridine rings is 1. The van der Waals surface area contributed by atoms with Crippen LogP contribution >= 0.6 is 27.5 Å². The quantitative estimate of drug-likeness (QED) is 0.700. The number of carbonyl (C=O) groups excluding carboxylic acids is 1. The number of carbonyl (C=O) groups is 1. The highest BCUT2D eigenvalue weighted by molar-refractivity contribution is 9.10. The molecule has 0 aliphatic rings. The minimum absolute atomic E-state index is 0.145. The van der Waals surface area contributed by atoms with Gasteiger partial charge in [0, 0.05) is 23.6 Å². The second-order valence-corrected chi connectivity index (χ2v) is 6.03. The first-order chi connectivity index (χ1) is 11.6. The Bertz CT molecular complexity index is 855. The topological polar surface area (TPSA) is 69.0 Å². The van der Waals surface area contributed by atoms with Crippen LogP contribution in [0, 0.1) is 0 Å². The van der Waals surface area contributed by atoms with Crippen LogP contribution in [0.15, 0.2) is 59.5 Å². The van der Waals surface area contributed by atoms with Crippen LogP contribution < -0.4 is 10.1 Å². The van der Waals surface area contributed by atoms with Crippen molar-refractivity contribution in [3.05, 3.63) is 64.5 Å². The maximum atomic E-state index is 12.2. The number of nitrogens with one attached hydrogen (secondary N) is 1. The van der Waals surface area contributed by atoms with Gasteiger partial charge in [0.05, 0.1) is 10.2 Å². The minimum atomic E-state index is -0.307. The van der Waals surface area contributed by atoms with Gasteiger partial charge in [0.1, 0.15) is 5.75 Å². The molecular formula is C16H12BrClN4O2. The summed E-state index contributed by atoms with van der Waals surface area (Å²) in [6.07, 6.45) is 5.02. The first kappa shape index (κ1) is 16.5. The lowest BCUT2D eigenvalue weighted by Crippen LogP contribution is -2.21. The van der Waals surface area contributed by atoms with E-state index in [1.807, 2.05) is 0 Å². The van der Waals surface area contributed by atoms with Crippen LogP contribution in [0.1, 0.15) is 0 Å². The first-order valence-corrected chi connectivity index (χ1v) is 8.13. The fourth-order valence-electron chi connectivity index (χ4n) is 1.99. The van der Waals surface area contributed by atoms with Crippen molar-refractivity contribution in [2.24, 2.45) is 0 Å². The van der Waals surface area contributed by atoms with Crippen molar-refractivity contribution >= 4 is 39.1 Å². The highest BCUT2D eigenvalue weighted by atomic mass is 79.9.